The molecule has 0 atom stereocenters. The van der Waals surface area contributed by atoms with Crippen molar-refractivity contribution in [2.75, 3.05) is 23.7 Å². The summed E-state index contributed by atoms with van der Waals surface area (Å²) in [5.41, 5.74) is 2.42. The minimum absolute atomic E-state index is 0.797. The normalized spacial score (nSPS) is 10.3. The molecule has 0 aliphatic heterocycles. The van der Waals surface area contributed by atoms with Gasteiger partial charge in [0.25, 0.3) is 0 Å². The summed E-state index contributed by atoms with van der Waals surface area (Å²) in [5, 5.41) is 4.16. The van der Waals surface area contributed by atoms with Gasteiger partial charge >= 0.3 is 0 Å². The molecule has 4 heteroatoms. The van der Waals surface area contributed by atoms with Crippen molar-refractivity contribution in [2.24, 2.45) is 0 Å². The highest BCUT2D eigenvalue weighted by atomic mass is 32.2. The summed E-state index contributed by atoms with van der Waals surface area (Å²) in [6.45, 7) is 5.97. The van der Waals surface area contributed by atoms with Crippen LogP contribution in [0.4, 0.5) is 5.69 Å². The van der Waals surface area contributed by atoms with E-state index in [-0.39, 0.29) is 0 Å². The molecule has 0 heterocycles. The number of thiocarbonyl (C=S) groups is 1. The maximum absolute atomic E-state index is 5.55. The van der Waals surface area contributed by atoms with Gasteiger partial charge in [0.15, 0.2) is 5.11 Å². The SMILES string of the molecule is CCN(C(=S)NCCSc1ccccc1)c1ccccc1C. The van der Waals surface area contributed by atoms with Gasteiger partial charge in [-0.05, 0) is 49.8 Å². The molecular formula is C18H22N2S2. The van der Waals surface area contributed by atoms with Gasteiger partial charge in [-0.3, -0.25) is 0 Å². The molecule has 0 fully saturated rings. The molecule has 2 nitrogen and oxygen atoms in total. The summed E-state index contributed by atoms with van der Waals surface area (Å²) in [6.07, 6.45) is 0. The first kappa shape index (κ1) is 16.8. The monoisotopic (exact) mass is 330 g/mol. The summed E-state index contributed by atoms with van der Waals surface area (Å²) >= 11 is 7.39. The van der Waals surface area contributed by atoms with Crippen LogP contribution in [0.15, 0.2) is 59.5 Å². The van der Waals surface area contributed by atoms with Crippen molar-refractivity contribution in [1.29, 1.82) is 0 Å². The molecule has 2 rings (SSSR count). The van der Waals surface area contributed by atoms with Gasteiger partial charge in [-0.1, -0.05) is 36.4 Å². The first-order valence-corrected chi connectivity index (χ1v) is 8.90. The van der Waals surface area contributed by atoms with Crippen molar-refractivity contribution in [3.05, 3.63) is 60.2 Å². The first-order chi connectivity index (χ1) is 10.7. The molecule has 0 saturated carbocycles. The van der Waals surface area contributed by atoms with E-state index in [0.717, 1.165) is 24.0 Å². The van der Waals surface area contributed by atoms with Crippen LogP contribution in [-0.4, -0.2) is 24.0 Å². The number of hydrogen-bond donors (Lipinski definition) is 1. The Labute approximate surface area is 142 Å². The summed E-state index contributed by atoms with van der Waals surface area (Å²) in [4.78, 5) is 3.44. The molecule has 0 amide bonds. The van der Waals surface area contributed by atoms with Crippen LogP contribution in [0.5, 0.6) is 0 Å². The topological polar surface area (TPSA) is 15.3 Å². The van der Waals surface area contributed by atoms with Crippen LogP contribution in [0.25, 0.3) is 0 Å². The van der Waals surface area contributed by atoms with E-state index in [0.29, 0.717) is 0 Å². The van der Waals surface area contributed by atoms with Gasteiger partial charge in [-0.15, -0.1) is 11.8 Å². The van der Waals surface area contributed by atoms with Crippen LogP contribution < -0.4 is 10.2 Å². The van der Waals surface area contributed by atoms with Crippen molar-refractivity contribution in [3.63, 3.8) is 0 Å². The third-order valence-electron chi connectivity index (χ3n) is 3.36. The molecule has 0 saturated heterocycles. The molecule has 0 bridgehead atoms. The Morgan fingerprint density at radius 3 is 2.45 bits per heavy atom. The van der Waals surface area contributed by atoms with Gasteiger partial charge < -0.3 is 10.2 Å². The molecule has 0 spiro atoms. The Hall–Kier alpha value is -1.52. The fraction of sp³-hybridized carbons (Fsp3) is 0.278. The van der Waals surface area contributed by atoms with Crippen molar-refractivity contribution in [3.8, 4) is 0 Å². The lowest BCUT2D eigenvalue weighted by Gasteiger charge is -2.26. The zero-order valence-electron chi connectivity index (χ0n) is 13.1. The van der Waals surface area contributed by atoms with Crippen LogP contribution in [-0.2, 0) is 0 Å². The fourth-order valence-electron chi connectivity index (χ4n) is 2.23. The quantitative estimate of drug-likeness (QED) is 0.477. The Balaban J connectivity index is 1.84. The maximum atomic E-state index is 5.55. The van der Waals surface area contributed by atoms with E-state index in [9.17, 15) is 0 Å². The first-order valence-electron chi connectivity index (χ1n) is 7.51. The van der Waals surface area contributed by atoms with Crippen LogP contribution >= 0.6 is 24.0 Å². The molecule has 0 aliphatic carbocycles. The lowest BCUT2D eigenvalue weighted by atomic mass is 10.2. The second-order valence-corrected chi connectivity index (χ2v) is 6.48. The zero-order valence-corrected chi connectivity index (χ0v) is 14.7. The predicted octanol–water partition coefficient (Wildman–Crippen LogP) is 4.49. The highest BCUT2D eigenvalue weighted by Crippen LogP contribution is 2.19. The molecular weight excluding hydrogens is 308 g/mol. The van der Waals surface area contributed by atoms with E-state index in [2.05, 4.69) is 72.6 Å². The zero-order chi connectivity index (χ0) is 15.8. The van der Waals surface area contributed by atoms with E-state index in [1.807, 2.05) is 17.8 Å². The van der Waals surface area contributed by atoms with Gasteiger partial charge in [-0.25, -0.2) is 0 Å². The smallest absolute Gasteiger partial charge is 0.173 e. The van der Waals surface area contributed by atoms with E-state index in [1.54, 1.807) is 0 Å². The van der Waals surface area contributed by atoms with Crippen LogP contribution in [0.3, 0.4) is 0 Å². The lowest BCUT2D eigenvalue weighted by molar-refractivity contribution is 0.933. The number of aryl methyl sites for hydroxylation is 1. The summed E-state index contributed by atoms with van der Waals surface area (Å²) < 4.78 is 0. The van der Waals surface area contributed by atoms with E-state index in [1.165, 1.54) is 16.1 Å². The Morgan fingerprint density at radius 2 is 1.77 bits per heavy atom. The number of nitrogens with zero attached hydrogens (tertiary/aromatic N) is 1. The molecule has 22 heavy (non-hydrogen) atoms. The van der Waals surface area contributed by atoms with Crippen molar-refractivity contribution >= 4 is 34.8 Å². The number of nitrogens with one attached hydrogen (secondary N) is 1. The standard InChI is InChI=1S/C18H22N2S2/c1-3-20(17-12-8-7-9-15(17)2)18(21)19-13-14-22-16-10-5-4-6-11-16/h4-12H,3,13-14H2,1-2H3,(H,19,21). The van der Waals surface area contributed by atoms with Crippen molar-refractivity contribution < 1.29 is 0 Å². The Bertz CT molecular complexity index is 599. The predicted molar refractivity (Wildman–Crippen MR) is 102 cm³/mol. The molecule has 2 aromatic carbocycles. The van der Waals surface area contributed by atoms with Gasteiger partial charge in [0, 0.05) is 29.4 Å². The second-order valence-electron chi connectivity index (χ2n) is 4.92. The molecule has 2 aromatic rings. The third-order valence-corrected chi connectivity index (χ3v) is 4.74. The lowest BCUT2D eigenvalue weighted by Crippen LogP contribution is -2.41. The van der Waals surface area contributed by atoms with Crippen LogP contribution in [0.1, 0.15) is 12.5 Å². The number of benzene rings is 2. The third kappa shape index (κ3) is 4.75. The van der Waals surface area contributed by atoms with E-state index >= 15 is 0 Å². The molecule has 116 valence electrons. The highest BCUT2D eigenvalue weighted by molar-refractivity contribution is 7.99. The van der Waals surface area contributed by atoms with E-state index < -0.39 is 0 Å². The summed E-state index contributed by atoms with van der Waals surface area (Å²) in [7, 11) is 0. The van der Waals surface area contributed by atoms with Crippen molar-refractivity contribution in [1.82, 2.24) is 5.32 Å². The number of rotatable bonds is 6. The Kier molecular flexibility index (Phi) is 6.74. The van der Waals surface area contributed by atoms with Crippen LogP contribution in [0.2, 0.25) is 0 Å². The summed E-state index contributed by atoms with van der Waals surface area (Å²) in [6, 6.07) is 18.8. The van der Waals surface area contributed by atoms with Gasteiger partial charge in [0.05, 0.1) is 0 Å². The maximum Gasteiger partial charge on any atom is 0.173 e. The average Bonchev–Trinajstić information content (AvgIpc) is 2.55. The fourth-order valence-corrected chi connectivity index (χ4v) is 3.35. The van der Waals surface area contributed by atoms with Gasteiger partial charge in [-0.2, -0.15) is 0 Å². The summed E-state index contributed by atoms with van der Waals surface area (Å²) in [5.74, 6) is 0.996. The molecule has 0 aromatic heterocycles. The second kappa shape index (κ2) is 8.81. The molecule has 0 radical (unpaired) electrons. The Morgan fingerprint density at radius 1 is 1.09 bits per heavy atom. The number of para-hydroxylation sites is 1. The molecule has 0 aliphatic rings. The number of thioether (sulfide) groups is 1. The van der Waals surface area contributed by atoms with Gasteiger partial charge in [0.2, 0.25) is 0 Å². The van der Waals surface area contributed by atoms with Gasteiger partial charge in [0.1, 0.15) is 0 Å². The minimum atomic E-state index is 0.797. The largest absolute Gasteiger partial charge is 0.361 e. The highest BCUT2D eigenvalue weighted by Gasteiger charge is 2.11. The van der Waals surface area contributed by atoms with Crippen LogP contribution in [0, 0.1) is 6.92 Å². The average molecular weight is 331 g/mol. The minimum Gasteiger partial charge on any atom is -0.361 e. The molecule has 1 N–H and O–H groups in total. The van der Waals surface area contributed by atoms with E-state index in [4.69, 9.17) is 12.2 Å². The van der Waals surface area contributed by atoms with Crippen molar-refractivity contribution in [2.45, 2.75) is 18.7 Å². The number of hydrogen-bond acceptors (Lipinski definition) is 2. The number of anilines is 1. The molecule has 0 unspecified atom stereocenters.